The van der Waals surface area contributed by atoms with Gasteiger partial charge in [0.2, 0.25) is 0 Å². The first-order valence-corrected chi connectivity index (χ1v) is 7.11. The lowest BCUT2D eigenvalue weighted by Gasteiger charge is -2.40. The molecule has 2 N–H and O–H groups in total. The first-order chi connectivity index (χ1) is 8.08. The second-order valence-electron chi connectivity index (χ2n) is 6.34. The van der Waals surface area contributed by atoms with Gasteiger partial charge in [-0.05, 0) is 44.1 Å². The third kappa shape index (κ3) is 3.21. The van der Waals surface area contributed by atoms with Gasteiger partial charge in [-0.25, -0.2) is 0 Å². The Labute approximate surface area is 106 Å². The van der Waals surface area contributed by atoms with E-state index in [9.17, 15) is 0 Å². The summed E-state index contributed by atoms with van der Waals surface area (Å²) in [5.41, 5.74) is 6.35. The van der Waals surface area contributed by atoms with Crippen molar-refractivity contribution < 1.29 is 4.74 Å². The maximum absolute atomic E-state index is 6.35. The minimum Gasteiger partial charge on any atom is -0.380 e. The van der Waals surface area contributed by atoms with Crippen LogP contribution in [-0.2, 0) is 4.74 Å². The van der Waals surface area contributed by atoms with Gasteiger partial charge >= 0.3 is 0 Å². The fourth-order valence-electron chi connectivity index (χ4n) is 3.63. The van der Waals surface area contributed by atoms with Crippen molar-refractivity contribution >= 4 is 0 Å². The van der Waals surface area contributed by atoms with Crippen LogP contribution < -0.4 is 5.73 Å². The zero-order valence-electron chi connectivity index (χ0n) is 11.6. The van der Waals surface area contributed by atoms with Crippen molar-refractivity contribution in [3.05, 3.63) is 0 Å². The highest BCUT2D eigenvalue weighted by molar-refractivity contribution is 4.88. The fourth-order valence-corrected chi connectivity index (χ4v) is 3.63. The van der Waals surface area contributed by atoms with Crippen molar-refractivity contribution in [2.24, 2.45) is 23.5 Å². The van der Waals surface area contributed by atoms with E-state index in [1.54, 1.807) is 0 Å². The third-order valence-corrected chi connectivity index (χ3v) is 4.76. The van der Waals surface area contributed by atoms with Gasteiger partial charge in [-0.15, -0.1) is 0 Å². The Morgan fingerprint density at radius 3 is 2.65 bits per heavy atom. The first kappa shape index (κ1) is 13.3. The number of nitrogens with two attached hydrogens (primary N) is 1. The van der Waals surface area contributed by atoms with Crippen LogP contribution in [0.3, 0.4) is 0 Å². The van der Waals surface area contributed by atoms with Crippen LogP contribution in [0.25, 0.3) is 0 Å². The molecule has 5 unspecified atom stereocenters. The molecule has 0 radical (unpaired) electrons. The maximum Gasteiger partial charge on any atom is 0.0622 e. The Morgan fingerprint density at radius 2 is 2.06 bits per heavy atom. The molecule has 2 rings (SSSR count). The third-order valence-electron chi connectivity index (χ3n) is 4.76. The molecule has 3 heteroatoms. The summed E-state index contributed by atoms with van der Waals surface area (Å²) in [6.45, 7) is 7.69. The average molecular weight is 240 g/mol. The van der Waals surface area contributed by atoms with E-state index in [0.717, 1.165) is 31.6 Å². The molecule has 5 atom stereocenters. The number of rotatable bonds is 3. The summed E-state index contributed by atoms with van der Waals surface area (Å²) in [6, 6.07) is 1.01. The molecule has 3 nitrogen and oxygen atoms in total. The molecular formula is C14H28N2O. The predicted octanol–water partition coefficient (Wildman–Crippen LogP) is 1.72. The van der Waals surface area contributed by atoms with E-state index >= 15 is 0 Å². The molecule has 1 heterocycles. The molecule has 0 aromatic rings. The highest BCUT2D eigenvalue weighted by atomic mass is 16.5. The second kappa shape index (κ2) is 5.68. The molecule has 0 aromatic carbocycles. The van der Waals surface area contributed by atoms with Crippen molar-refractivity contribution in [2.75, 3.05) is 26.8 Å². The van der Waals surface area contributed by atoms with E-state index in [1.165, 1.54) is 19.3 Å². The van der Waals surface area contributed by atoms with E-state index in [0.29, 0.717) is 18.0 Å². The lowest BCUT2D eigenvalue weighted by atomic mass is 9.72. The smallest absolute Gasteiger partial charge is 0.0622 e. The van der Waals surface area contributed by atoms with Gasteiger partial charge in [-0.2, -0.15) is 0 Å². The molecule has 2 aliphatic rings. The molecule has 0 amide bonds. The first-order valence-electron chi connectivity index (χ1n) is 7.11. The van der Waals surface area contributed by atoms with Crippen LogP contribution in [0.4, 0.5) is 0 Å². The van der Waals surface area contributed by atoms with E-state index in [1.807, 2.05) is 0 Å². The van der Waals surface area contributed by atoms with E-state index in [2.05, 4.69) is 25.8 Å². The second-order valence-corrected chi connectivity index (χ2v) is 6.34. The van der Waals surface area contributed by atoms with E-state index < -0.39 is 0 Å². The van der Waals surface area contributed by atoms with Crippen molar-refractivity contribution in [3.8, 4) is 0 Å². The number of hydrogen-bond donors (Lipinski definition) is 1. The molecule has 1 saturated heterocycles. The standard InChI is InChI=1S/C14H28N2O/c1-10-6-11(2)13(14(15)7-10)8-16(3)12-4-5-17-9-12/h10-14H,4-9,15H2,1-3H3. The number of likely N-dealkylation sites (N-methyl/N-ethyl adjacent to an activating group) is 1. The summed E-state index contributed by atoms with van der Waals surface area (Å²) in [5, 5.41) is 0. The van der Waals surface area contributed by atoms with Gasteiger partial charge in [-0.3, -0.25) is 0 Å². The molecule has 0 spiro atoms. The zero-order valence-corrected chi connectivity index (χ0v) is 11.6. The quantitative estimate of drug-likeness (QED) is 0.816. The van der Waals surface area contributed by atoms with Crippen LogP contribution in [0, 0.1) is 17.8 Å². The predicted molar refractivity (Wildman–Crippen MR) is 70.9 cm³/mol. The minimum absolute atomic E-state index is 0.388. The lowest BCUT2D eigenvalue weighted by Crippen LogP contribution is -2.48. The Morgan fingerprint density at radius 1 is 1.29 bits per heavy atom. The van der Waals surface area contributed by atoms with Gasteiger partial charge < -0.3 is 15.4 Å². The summed E-state index contributed by atoms with van der Waals surface area (Å²) in [6.07, 6.45) is 3.72. The van der Waals surface area contributed by atoms with Crippen LogP contribution in [-0.4, -0.2) is 43.8 Å². The van der Waals surface area contributed by atoms with Crippen molar-refractivity contribution in [3.63, 3.8) is 0 Å². The molecule has 1 saturated carbocycles. The summed E-state index contributed by atoms with van der Waals surface area (Å²) in [4.78, 5) is 2.48. The largest absolute Gasteiger partial charge is 0.380 e. The molecule has 2 fully saturated rings. The van der Waals surface area contributed by atoms with Crippen molar-refractivity contribution in [1.29, 1.82) is 0 Å². The Hall–Kier alpha value is -0.120. The molecule has 17 heavy (non-hydrogen) atoms. The maximum atomic E-state index is 6.35. The van der Waals surface area contributed by atoms with Gasteiger partial charge in [0, 0.05) is 25.2 Å². The molecule has 1 aliphatic heterocycles. The van der Waals surface area contributed by atoms with Gasteiger partial charge in [0.15, 0.2) is 0 Å². The van der Waals surface area contributed by atoms with Crippen molar-refractivity contribution in [1.82, 2.24) is 4.90 Å². The Kier molecular flexibility index (Phi) is 4.45. The molecular weight excluding hydrogens is 212 g/mol. The average Bonchev–Trinajstić information content (AvgIpc) is 2.76. The van der Waals surface area contributed by atoms with E-state index in [-0.39, 0.29) is 0 Å². The van der Waals surface area contributed by atoms with Gasteiger partial charge in [0.05, 0.1) is 6.61 Å². The van der Waals surface area contributed by atoms with Crippen LogP contribution >= 0.6 is 0 Å². The molecule has 0 aromatic heterocycles. The summed E-state index contributed by atoms with van der Waals surface area (Å²) >= 11 is 0. The van der Waals surface area contributed by atoms with Gasteiger partial charge in [0.1, 0.15) is 0 Å². The Bertz CT molecular complexity index is 228. The zero-order chi connectivity index (χ0) is 12.4. The normalized spacial score (nSPS) is 43.2. The lowest BCUT2D eigenvalue weighted by molar-refractivity contribution is 0.0996. The summed E-state index contributed by atoms with van der Waals surface area (Å²) in [7, 11) is 2.23. The number of nitrogens with zero attached hydrogens (tertiary/aromatic N) is 1. The summed E-state index contributed by atoms with van der Waals surface area (Å²) < 4.78 is 5.47. The van der Waals surface area contributed by atoms with Crippen LogP contribution in [0.1, 0.15) is 33.1 Å². The SMILES string of the molecule is CC1CC(C)C(CN(C)C2CCOC2)C(N)C1. The number of hydrogen-bond acceptors (Lipinski definition) is 3. The number of ether oxygens (including phenoxy) is 1. The molecule has 100 valence electrons. The van der Waals surface area contributed by atoms with Crippen LogP contribution in [0.15, 0.2) is 0 Å². The monoisotopic (exact) mass is 240 g/mol. The highest BCUT2D eigenvalue weighted by Gasteiger charge is 2.33. The highest BCUT2D eigenvalue weighted by Crippen LogP contribution is 2.33. The fraction of sp³-hybridized carbons (Fsp3) is 1.00. The topological polar surface area (TPSA) is 38.5 Å². The van der Waals surface area contributed by atoms with Gasteiger partial charge in [0.25, 0.3) is 0 Å². The Balaban J connectivity index is 1.88. The molecule has 1 aliphatic carbocycles. The van der Waals surface area contributed by atoms with E-state index in [4.69, 9.17) is 10.5 Å². The van der Waals surface area contributed by atoms with Crippen LogP contribution in [0.2, 0.25) is 0 Å². The summed E-state index contributed by atoms with van der Waals surface area (Å²) in [5.74, 6) is 2.23. The van der Waals surface area contributed by atoms with Crippen LogP contribution in [0.5, 0.6) is 0 Å². The van der Waals surface area contributed by atoms with Crippen molar-refractivity contribution in [2.45, 2.75) is 45.2 Å². The molecule has 0 bridgehead atoms. The van der Waals surface area contributed by atoms with Gasteiger partial charge in [-0.1, -0.05) is 13.8 Å². The minimum atomic E-state index is 0.388.